The van der Waals surface area contributed by atoms with Gasteiger partial charge in [-0.3, -0.25) is 14.4 Å². The van der Waals surface area contributed by atoms with Crippen LogP contribution >= 0.6 is 0 Å². The van der Waals surface area contributed by atoms with Crippen molar-refractivity contribution in [3.05, 3.63) is 47.8 Å². The Morgan fingerprint density at radius 3 is 2.83 bits per heavy atom. The summed E-state index contributed by atoms with van der Waals surface area (Å²) in [4.78, 5) is 47.4. The minimum atomic E-state index is -1.09. The fraction of sp³-hybridized carbons (Fsp3) is 0.519. The van der Waals surface area contributed by atoms with E-state index in [1.807, 2.05) is 30.5 Å². The van der Waals surface area contributed by atoms with Crippen LogP contribution in [0.15, 0.2) is 42.2 Å². The van der Waals surface area contributed by atoms with Gasteiger partial charge in [-0.15, -0.1) is 0 Å². The van der Waals surface area contributed by atoms with Crippen molar-refractivity contribution in [1.82, 2.24) is 14.8 Å². The first-order valence-electron chi connectivity index (χ1n) is 12.7. The summed E-state index contributed by atoms with van der Waals surface area (Å²) in [5.74, 6) is -1.37. The molecule has 2 fully saturated rings. The molecule has 2 saturated heterocycles. The lowest BCUT2D eigenvalue weighted by Gasteiger charge is -2.36. The number of nitrogens with zero attached hydrogens (tertiary/aromatic N) is 2. The average molecular weight is 480 g/mol. The zero-order valence-corrected chi connectivity index (χ0v) is 20.3. The van der Waals surface area contributed by atoms with Gasteiger partial charge >= 0.3 is 5.97 Å². The van der Waals surface area contributed by atoms with Gasteiger partial charge in [-0.05, 0) is 44.2 Å². The number of para-hydroxylation sites is 1. The number of morpholine rings is 1. The number of carbonyl (C=O) groups excluding carboxylic acids is 3. The maximum Gasteiger partial charge on any atom is 0.318 e. The number of H-pyrrole nitrogens is 1. The lowest BCUT2D eigenvalue weighted by atomic mass is 9.68. The van der Waals surface area contributed by atoms with Gasteiger partial charge in [0.1, 0.15) is 5.41 Å². The SMILES string of the molecule is CCOC(=O)[C@@]12CCCC=C1N(CCc1c[nH]c3ccccc13)C(=O)[C@H]2CC(=O)N1CCOCC1. The largest absolute Gasteiger partial charge is 0.465 e. The Morgan fingerprint density at radius 1 is 1.23 bits per heavy atom. The van der Waals surface area contributed by atoms with Crippen molar-refractivity contribution >= 4 is 28.7 Å². The minimum absolute atomic E-state index is 0.0125. The molecule has 1 N–H and O–H groups in total. The normalized spacial score (nSPS) is 24.4. The summed E-state index contributed by atoms with van der Waals surface area (Å²) < 4.78 is 10.9. The van der Waals surface area contributed by atoms with Gasteiger partial charge in [-0.1, -0.05) is 24.3 Å². The van der Waals surface area contributed by atoms with Crippen LogP contribution in [0.25, 0.3) is 10.9 Å². The lowest BCUT2D eigenvalue weighted by Crippen LogP contribution is -2.46. The van der Waals surface area contributed by atoms with Crippen molar-refractivity contribution in [3.8, 4) is 0 Å². The summed E-state index contributed by atoms with van der Waals surface area (Å²) in [6.45, 7) is 4.49. The zero-order chi connectivity index (χ0) is 24.4. The number of fused-ring (bicyclic) bond motifs is 2. The summed E-state index contributed by atoms with van der Waals surface area (Å²) in [5, 5.41) is 1.13. The van der Waals surface area contributed by atoms with Crippen LogP contribution < -0.4 is 0 Å². The summed E-state index contributed by atoms with van der Waals surface area (Å²) in [5.41, 5.74) is 1.82. The number of likely N-dealkylation sites (tertiary alicyclic amines) is 1. The standard InChI is InChI=1S/C27H33N3O5/c1-2-35-26(33)27-11-6-5-9-23(27)30(12-10-19-18-28-22-8-4-3-7-20(19)22)25(32)21(27)17-24(31)29-13-15-34-16-14-29/h3-4,7-9,18,21,28H,2,5-6,10-17H2,1H3/t21-,27-/m1/s1. The van der Waals surface area contributed by atoms with E-state index in [9.17, 15) is 14.4 Å². The Hall–Kier alpha value is -3.13. The molecule has 35 heavy (non-hydrogen) atoms. The Bertz CT molecular complexity index is 1150. The molecule has 0 saturated carbocycles. The van der Waals surface area contributed by atoms with E-state index in [-0.39, 0.29) is 30.8 Å². The van der Waals surface area contributed by atoms with E-state index in [2.05, 4.69) is 11.1 Å². The van der Waals surface area contributed by atoms with Crippen LogP contribution in [0.2, 0.25) is 0 Å². The Balaban J connectivity index is 1.44. The van der Waals surface area contributed by atoms with E-state index in [1.54, 1.807) is 16.7 Å². The molecule has 8 nitrogen and oxygen atoms in total. The van der Waals surface area contributed by atoms with Crippen molar-refractivity contribution in [3.63, 3.8) is 0 Å². The Morgan fingerprint density at radius 2 is 2.03 bits per heavy atom. The molecular formula is C27H33N3O5. The fourth-order valence-corrected chi connectivity index (χ4v) is 5.94. The first-order chi connectivity index (χ1) is 17.1. The monoisotopic (exact) mass is 479 g/mol. The van der Waals surface area contributed by atoms with Crippen molar-refractivity contribution in [2.45, 2.75) is 39.0 Å². The van der Waals surface area contributed by atoms with Crippen LogP contribution in [0.4, 0.5) is 0 Å². The van der Waals surface area contributed by atoms with E-state index >= 15 is 0 Å². The number of hydrogen-bond donors (Lipinski definition) is 1. The fourth-order valence-electron chi connectivity index (χ4n) is 5.94. The third-order valence-corrected chi connectivity index (χ3v) is 7.68. The van der Waals surface area contributed by atoms with Crippen LogP contribution in [-0.2, 0) is 30.3 Å². The van der Waals surface area contributed by atoms with E-state index in [4.69, 9.17) is 9.47 Å². The molecule has 3 aliphatic rings. The summed E-state index contributed by atoms with van der Waals surface area (Å²) in [6.07, 6.45) is 6.78. The van der Waals surface area contributed by atoms with Crippen molar-refractivity contribution in [2.75, 3.05) is 39.5 Å². The number of aromatic nitrogens is 1. The molecule has 0 unspecified atom stereocenters. The smallest absolute Gasteiger partial charge is 0.318 e. The number of carbonyl (C=O) groups is 3. The third kappa shape index (κ3) is 4.14. The van der Waals surface area contributed by atoms with Crippen LogP contribution in [0.3, 0.4) is 0 Å². The highest BCUT2D eigenvalue weighted by Crippen LogP contribution is 2.53. The number of rotatable bonds is 7. The first kappa shape index (κ1) is 23.6. The number of hydrogen-bond acceptors (Lipinski definition) is 5. The molecule has 2 aliphatic heterocycles. The molecule has 0 radical (unpaired) electrons. The highest BCUT2D eigenvalue weighted by Gasteiger charge is 2.62. The molecule has 1 aromatic heterocycles. The number of benzene rings is 1. The molecule has 2 aromatic rings. The Kier molecular flexibility index (Phi) is 6.65. The molecule has 8 heteroatoms. The number of allylic oxidation sites excluding steroid dienone is 1. The van der Waals surface area contributed by atoms with E-state index < -0.39 is 11.3 Å². The first-order valence-corrected chi connectivity index (χ1v) is 12.7. The van der Waals surface area contributed by atoms with Gasteiger partial charge in [-0.2, -0.15) is 0 Å². The summed E-state index contributed by atoms with van der Waals surface area (Å²) >= 11 is 0. The van der Waals surface area contributed by atoms with E-state index in [0.29, 0.717) is 45.7 Å². The minimum Gasteiger partial charge on any atom is -0.465 e. The predicted octanol–water partition coefficient (Wildman–Crippen LogP) is 3.04. The van der Waals surface area contributed by atoms with Gasteiger partial charge in [0, 0.05) is 48.9 Å². The maximum absolute atomic E-state index is 13.9. The molecule has 1 aliphatic carbocycles. The van der Waals surface area contributed by atoms with Crippen molar-refractivity contribution in [1.29, 1.82) is 0 Å². The highest BCUT2D eigenvalue weighted by atomic mass is 16.5. The van der Waals surface area contributed by atoms with Crippen molar-refractivity contribution in [2.24, 2.45) is 11.3 Å². The summed E-state index contributed by atoms with van der Waals surface area (Å²) in [6, 6.07) is 8.09. The van der Waals surface area contributed by atoms with E-state index in [1.165, 1.54) is 0 Å². The van der Waals surface area contributed by atoms with Crippen LogP contribution in [0, 0.1) is 11.3 Å². The quantitative estimate of drug-likeness (QED) is 0.617. The molecule has 0 spiro atoms. The molecule has 3 heterocycles. The van der Waals surface area contributed by atoms with Gasteiger partial charge in [0.2, 0.25) is 11.8 Å². The maximum atomic E-state index is 13.9. The molecule has 5 rings (SSSR count). The molecule has 2 amide bonds. The van der Waals surface area contributed by atoms with Crippen LogP contribution in [0.5, 0.6) is 0 Å². The molecule has 1 aromatic carbocycles. The third-order valence-electron chi connectivity index (χ3n) is 7.68. The van der Waals surface area contributed by atoms with Gasteiger partial charge in [0.25, 0.3) is 0 Å². The number of amides is 2. The highest BCUT2D eigenvalue weighted by molar-refractivity contribution is 5.99. The molecule has 0 bridgehead atoms. The van der Waals surface area contributed by atoms with Gasteiger partial charge < -0.3 is 24.3 Å². The predicted molar refractivity (Wildman–Crippen MR) is 130 cm³/mol. The molecule has 2 atom stereocenters. The van der Waals surface area contributed by atoms with Crippen molar-refractivity contribution < 1.29 is 23.9 Å². The number of nitrogens with one attached hydrogen (secondary N) is 1. The van der Waals surface area contributed by atoms with E-state index in [0.717, 1.165) is 35.0 Å². The number of esters is 1. The second kappa shape index (κ2) is 9.85. The van der Waals surface area contributed by atoms with Gasteiger partial charge in [-0.25, -0.2) is 0 Å². The van der Waals surface area contributed by atoms with Crippen LogP contribution in [-0.4, -0.2) is 72.0 Å². The molecule has 186 valence electrons. The lowest BCUT2D eigenvalue weighted by molar-refractivity contribution is -0.159. The number of ether oxygens (including phenoxy) is 2. The average Bonchev–Trinajstić information content (AvgIpc) is 3.41. The number of aromatic amines is 1. The Labute approximate surface area is 205 Å². The van der Waals surface area contributed by atoms with Gasteiger partial charge in [0.05, 0.1) is 25.7 Å². The zero-order valence-electron chi connectivity index (χ0n) is 20.3. The second-order valence-electron chi connectivity index (χ2n) is 9.52. The summed E-state index contributed by atoms with van der Waals surface area (Å²) in [7, 11) is 0. The molecular weight excluding hydrogens is 446 g/mol. The topological polar surface area (TPSA) is 91.9 Å². The van der Waals surface area contributed by atoms with Gasteiger partial charge in [0.15, 0.2) is 0 Å². The second-order valence-corrected chi connectivity index (χ2v) is 9.52. The van der Waals surface area contributed by atoms with Crippen LogP contribution in [0.1, 0.15) is 38.2 Å².